The maximum Gasteiger partial charge on any atom is 0.105 e. The fraction of sp³-hybridized carbons (Fsp3) is 0.500. The largest absolute Gasteiger partial charge is 0.392 e. The van der Waals surface area contributed by atoms with Gasteiger partial charge in [0.25, 0.3) is 0 Å². The number of hydrogen-bond acceptors (Lipinski definition) is 4. The number of aliphatic hydroxyl groups is 3. The van der Waals surface area contributed by atoms with Gasteiger partial charge < -0.3 is 15.3 Å². The van der Waals surface area contributed by atoms with Gasteiger partial charge in [-0.15, -0.1) is 0 Å². The van der Waals surface area contributed by atoms with Gasteiger partial charge in [0.1, 0.15) is 6.10 Å². The molecule has 0 radical (unpaired) electrons. The Hall–Kier alpha value is -1.59. The highest BCUT2D eigenvalue weighted by atomic mass is 16.3. The first kappa shape index (κ1) is 14.5. The zero-order chi connectivity index (χ0) is 13.5. The molecule has 18 heavy (non-hydrogen) atoms. The van der Waals surface area contributed by atoms with E-state index in [-0.39, 0.29) is 19.6 Å². The van der Waals surface area contributed by atoms with Crippen LogP contribution in [-0.2, 0) is 6.61 Å². The van der Waals surface area contributed by atoms with Gasteiger partial charge in [0, 0.05) is 11.5 Å². The van der Waals surface area contributed by atoms with Crippen molar-refractivity contribution in [3.63, 3.8) is 0 Å². The van der Waals surface area contributed by atoms with E-state index in [1.165, 1.54) is 0 Å². The van der Waals surface area contributed by atoms with Crippen LogP contribution >= 0.6 is 0 Å². The van der Waals surface area contributed by atoms with Crippen LogP contribution in [-0.4, -0.2) is 28.0 Å². The lowest BCUT2D eigenvalue weighted by Crippen LogP contribution is -2.19. The molecule has 1 aromatic rings. The van der Waals surface area contributed by atoms with Crippen LogP contribution < -0.4 is 0 Å². The third-order valence-electron chi connectivity index (χ3n) is 2.83. The molecule has 0 bridgehead atoms. The summed E-state index contributed by atoms with van der Waals surface area (Å²) in [6.07, 6.45) is -1.80. The molecule has 6 nitrogen and oxygen atoms in total. The molecule has 0 aromatic heterocycles. The Morgan fingerprint density at radius 2 is 2.11 bits per heavy atom. The van der Waals surface area contributed by atoms with Crippen molar-refractivity contribution >= 4 is 0 Å². The number of hydrogen-bond donors (Lipinski definition) is 3. The third kappa shape index (κ3) is 3.72. The van der Waals surface area contributed by atoms with Crippen molar-refractivity contribution in [1.29, 1.82) is 0 Å². The van der Waals surface area contributed by atoms with Gasteiger partial charge in [0.15, 0.2) is 0 Å². The molecule has 1 aromatic carbocycles. The van der Waals surface area contributed by atoms with Crippen molar-refractivity contribution < 1.29 is 15.3 Å². The molecule has 98 valence electrons. The summed E-state index contributed by atoms with van der Waals surface area (Å²) in [5.41, 5.74) is 10.3. The maximum atomic E-state index is 9.93. The minimum atomic E-state index is -1.02. The number of azide groups is 1. The predicted molar refractivity (Wildman–Crippen MR) is 66.7 cm³/mol. The van der Waals surface area contributed by atoms with E-state index >= 15 is 0 Å². The molecule has 3 N–H and O–H groups in total. The van der Waals surface area contributed by atoms with E-state index in [9.17, 15) is 10.2 Å². The third-order valence-corrected chi connectivity index (χ3v) is 2.83. The number of nitrogens with zero attached hydrogens (tertiary/aromatic N) is 3. The second kappa shape index (κ2) is 6.98. The Labute approximate surface area is 105 Å². The molecule has 0 aliphatic rings. The summed E-state index contributed by atoms with van der Waals surface area (Å²) >= 11 is 0. The Morgan fingerprint density at radius 3 is 2.67 bits per heavy atom. The van der Waals surface area contributed by atoms with E-state index in [4.69, 9.17) is 10.6 Å². The Morgan fingerprint density at radius 1 is 1.39 bits per heavy atom. The summed E-state index contributed by atoms with van der Waals surface area (Å²) in [4.78, 5) is 2.58. The molecular weight excluding hydrogens is 234 g/mol. The summed E-state index contributed by atoms with van der Waals surface area (Å²) in [7, 11) is 0. The average Bonchev–Trinajstić information content (AvgIpc) is 2.38. The SMILES string of the molecule is Cc1cc(C(O)C(O)CCN=[N+]=[N-])ccc1CO. The number of aryl methyl sites for hydroxylation is 1. The van der Waals surface area contributed by atoms with E-state index in [2.05, 4.69) is 10.0 Å². The van der Waals surface area contributed by atoms with Crippen molar-refractivity contribution in [3.05, 3.63) is 45.3 Å². The first-order valence-corrected chi connectivity index (χ1v) is 5.67. The smallest absolute Gasteiger partial charge is 0.105 e. The van der Waals surface area contributed by atoms with Crippen molar-refractivity contribution in [2.24, 2.45) is 5.11 Å². The van der Waals surface area contributed by atoms with Crippen LogP contribution in [0.25, 0.3) is 10.4 Å². The van der Waals surface area contributed by atoms with E-state index < -0.39 is 12.2 Å². The van der Waals surface area contributed by atoms with Crippen LogP contribution in [0.4, 0.5) is 0 Å². The van der Waals surface area contributed by atoms with Gasteiger partial charge in [-0.3, -0.25) is 0 Å². The highest BCUT2D eigenvalue weighted by molar-refractivity contribution is 5.32. The summed E-state index contributed by atoms with van der Waals surface area (Å²) in [5, 5.41) is 32.0. The summed E-state index contributed by atoms with van der Waals surface area (Å²) < 4.78 is 0. The van der Waals surface area contributed by atoms with Gasteiger partial charge in [-0.05, 0) is 35.6 Å². The van der Waals surface area contributed by atoms with Crippen LogP contribution in [0.3, 0.4) is 0 Å². The zero-order valence-corrected chi connectivity index (χ0v) is 10.2. The first-order valence-electron chi connectivity index (χ1n) is 5.67. The van der Waals surface area contributed by atoms with Gasteiger partial charge in [-0.1, -0.05) is 23.3 Å². The van der Waals surface area contributed by atoms with Crippen LogP contribution in [0.2, 0.25) is 0 Å². The van der Waals surface area contributed by atoms with E-state index in [0.29, 0.717) is 5.56 Å². The minimum Gasteiger partial charge on any atom is -0.392 e. The van der Waals surface area contributed by atoms with Crippen molar-refractivity contribution in [1.82, 2.24) is 0 Å². The quantitative estimate of drug-likeness (QED) is 0.405. The molecule has 0 saturated carbocycles. The molecular formula is C12H17N3O3. The van der Waals surface area contributed by atoms with Gasteiger partial charge >= 0.3 is 0 Å². The van der Waals surface area contributed by atoms with Crippen molar-refractivity contribution in [2.75, 3.05) is 6.54 Å². The number of aliphatic hydroxyl groups excluding tert-OH is 3. The summed E-state index contributed by atoms with van der Waals surface area (Å²) in [6.45, 7) is 1.91. The standard InChI is InChI=1S/C12H17N3O3/c1-8-6-9(2-3-10(8)7-16)12(18)11(17)4-5-14-15-13/h2-3,6,11-12,16-18H,4-5,7H2,1H3. The zero-order valence-electron chi connectivity index (χ0n) is 10.2. The number of rotatable bonds is 6. The predicted octanol–water partition coefficient (Wildman–Crippen LogP) is 1.58. The molecule has 0 aliphatic heterocycles. The summed E-state index contributed by atoms with van der Waals surface area (Å²) in [5.74, 6) is 0. The normalized spacial score (nSPS) is 13.8. The first-order chi connectivity index (χ1) is 8.60. The fourth-order valence-corrected chi connectivity index (χ4v) is 1.70. The maximum absolute atomic E-state index is 9.93. The highest BCUT2D eigenvalue weighted by Crippen LogP contribution is 2.21. The van der Waals surface area contributed by atoms with Crippen LogP contribution in [0.5, 0.6) is 0 Å². The molecule has 6 heteroatoms. The number of benzene rings is 1. The molecule has 0 aliphatic carbocycles. The monoisotopic (exact) mass is 251 g/mol. The van der Waals surface area contributed by atoms with Crippen LogP contribution in [0, 0.1) is 6.92 Å². The molecule has 0 fully saturated rings. The second-order valence-electron chi connectivity index (χ2n) is 4.10. The Kier molecular flexibility index (Phi) is 5.61. The molecule has 0 spiro atoms. The molecule has 2 unspecified atom stereocenters. The van der Waals surface area contributed by atoms with Crippen LogP contribution in [0.1, 0.15) is 29.2 Å². The van der Waals surface area contributed by atoms with Gasteiger partial charge in [-0.25, -0.2) is 0 Å². The molecule has 0 heterocycles. The Bertz CT molecular complexity index is 444. The van der Waals surface area contributed by atoms with Gasteiger partial charge in [0.2, 0.25) is 0 Å². The molecule has 1 rings (SSSR count). The minimum absolute atomic E-state index is 0.0539. The second-order valence-corrected chi connectivity index (χ2v) is 4.10. The highest BCUT2D eigenvalue weighted by Gasteiger charge is 2.18. The van der Waals surface area contributed by atoms with Gasteiger partial charge in [0.05, 0.1) is 12.7 Å². The fourth-order valence-electron chi connectivity index (χ4n) is 1.70. The van der Waals surface area contributed by atoms with Crippen LogP contribution in [0.15, 0.2) is 23.3 Å². The van der Waals surface area contributed by atoms with Gasteiger partial charge in [-0.2, -0.15) is 0 Å². The summed E-state index contributed by atoms with van der Waals surface area (Å²) in [6, 6.07) is 5.11. The van der Waals surface area contributed by atoms with E-state index in [0.717, 1.165) is 11.1 Å². The molecule has 2 atom stereocenters. The average molecular weight is 251 g/mol. The molecule has 0 saturated heterocycles. The Balaban J connectivity index is 2.73. The molecule has 0 amide bonds. The lowest BCUT2D eigenvalue weighted by atomic mass is 9.98. The topological polar surface area (TPSA) is 109 Å². The lowest BCUT2D eigenvalue weighted by molar-refractivity contribution is 0.0150. The van der Waals surface area contributed by atoms with E-state index in [1.54, 1.807) is 18.2 Å². The van der Waals surface area contributed by atoms with Crippen molar-refractivity contribution in [2.45, 2.75) is 32.2 Å². The van der Waals surface area contributed by atoms with Crippen molar-refractivity contribution in [3.8, 4) is 0 Å². The lowest BCUT2D eigenvalue weighted by Gasteiger charge is -2.18. The van der Waals surface area contributed by atoms with E-state index in [1.807, 2.05) is 6.92 Å².